The van der Waals surface area contributed by atoms with Gasteiger partial charge in [0.15, 0.2) is 0 Å². The molecule has 226 valence electrons. The van der Waals surface area contributed by atoms with Crippen molar-refractivity contribution in [3.05, 3.63) is 100 Å². The molecule has 0 saturated heterocycles. The van der Waals surface area contributed by atoms with E-state index in [1.54, 1.807) is 0 Å². The molecule has 43 heavy (non-hydrogen) atoms. The highest BCUT2D eigenvalue weighted by Crippen LogP contribution is 2.29. The number of amides is 2. The molecule has 0 heterocycles. The van der Waals surface area contributed by atoms with Crippen molar-refractivity contribution in [1.82, 2.24) is 10.2 Å². The largest absolute Gasteiger partial charge is 0.445 e. The first kappa shape index (κ1) is 31.8. The summed E-state index contributed by atoms with van der Waals surface area (Å²) >= 11 is 0. The number of carbonyl (C=O) groups is 2. The van der Waals surface area contributed by atoms with Crippen LogP contribution in [0.3, 0.4) is 0 Å². The fraction of sp³-hybridized carbons (Fsp3) is 0.405. The Morgan fingerprint density at radius 2 is 1.67 bits per heavy atom. The van der Waals surface area contributed by atoms with Crippen molar-refractivity contribution in [3.63, 3.8) is 0 Å². The molecule has 6 nitrogen and oxygen atoms in total. The molecule has 3 aromatic rings. The number of nitrogens with zero attached hydrogens (tertiary/aromatic N) is 1. The minimum atomic E-state index is -0.432. The second-order valence-corrected chi connectivity index (χ2v) is 11.7. The van der Waals surface area contributed by atoms with Crippen LogP contribution >= 0.6 is 0 Å². The lowest BCUT2D eigenvalue weighted by Gasteiger charge is -2.22. The van der Waals surface area contributed by atoms with E-state index in [-0.39, 0.29) is 18.4 Å². The van der Waals surface area contributed by atoms with Gasteiger partial charge in [-0.25, -0.2) is 4.79 Å². The standard InChI is InChI=1S/C37H45N3O3/c1-28(36(41)39-33-22-18-29(19-23-33)14-11-25-40(2)3)26-32-21-20-31(34-16-7-8-17-35(32)34)15-9-10-24-38-37(42)43-27-30-12-5-4-6-13-30/h4-6,12-13,18-23,28H,7-8,10-11,14,16-17,24-27H2,1-3H3,(H,38,42)(H,39,41)/t28-/m0/s1. The van der Waals surface area contributed by atoms with Crippen LogP contribution in [0.25, 0.3) is 0 Å². The highest BCUT2D eigenvalue weighted by molar-refractivity contribution is 5.92. The summed E-state index contributed by atoms with van der Waals surface area (Å²) in [4.78, 5) is 27.2. The Kier molecular flexibility index (Phi) is 12.2. The van der Waals surface area contributed by atoms with E-state index in [9.17, 15) is 9.59 Å². The van der Waals surface area contributed by atoms with Crippen LogP contribution in [-0.4, -0.2) is 44.1 Å². The van der Waals surface area contributed by atoms with Crippen molar-refractivity contribution in [2.24, 2.45) is 5.92 Å². The van der Waals surface area contributed by atoms with Gasteiger partial charge in [-0.2, -0.15) is 0 Å². The molecule has 2 amide bonds. The maximum Gasteiger partial charge on any atom is 0.407 e. The minimum absolute atomic E-state index is 0.0450. The Hall–Kier alpha value is -4.08. The number of carbonyl (C=O) groups excluding carboxylic acids is 2. The molecule has 6 heteroatoms. The van der Waals surface area contributed by atoms with Gasteiger partial charge in [0.2, 0.25) is 5.91 Å². The predicted molar refractivity (Wildman–Crippen MR) is 174 cm³/mol. The fourth-order valence-corrected chi connectivity index (χ4v) is 5.45. The Morgan fingerprint density at radius 1 is 0.930 bits per heavy atom. The molecule has 0 aliphatic heterocycles. The van der Waals surface area contributed by atoms with E-state index in [4.69, 9.17) is 4.74 Å². The Balaban J connectivity index is 1.27. The van der Waals surface area contributed by atoms with Crippen LogP contribution in [0.5, 0.6) is 0 Å². The second-order valence-electron chi connectivity index (χ2n) is 11.7. The topological polar surface area (TPSA) is 70.7 Å². The third kappa shape index (κ3) is 10.3. The Morgan fingerprint density at radius 3 is 2.42 bits per heavy atom. The van der Waals surface area contributed by atoms with E-state index >= 15 is 0 Å². The molecule has 0 radical (unpaired) electrons. The molecule has 0 fully saturated rings. The van der Waals surface area contributed by atoms with Crippen molar-refractivity contribution in [2.75, 3.05) is 32.5 Å². The summed E-state index contributed by atoms with van der Waals surface area (Å²) in [7, 11) is 4.18. The zero-order chi connectivity index (χ0) is 30.4. The number of hydrogen-bond donors (Lipinski definition) is 2. The summed E-state index contributed by atoms with van der Waals surface area (Å²) in [6, 6.07) is 22.1. The van der Waals surface area contributed by atoms with E-state index in [1.807, 2.05) is 49.4 Å². The molecule has 2 N–H and O–H groups in total. The predicted octanol–water partition coefficient (Wildman–Crippen LogP) is 6.54. The number of ether oxygens (including phenoxy) is 1. The molecule has 4 rings (SSSR count). The van der Waals surface area contributed by atoms with Gasteiger partial charge in [0.05, 0.1) is 0 Å². The summed E-state index contributed by atoms with van der Waals surface area (Å²) in [5.74, 6) is 6.46. The number of nitrogens with one attached hydrogen (secondary N) is 2. The van der Waals surface area contributed by atoms with Crippen molar-refractivity contribution >= 4 is 17.7 Å². The smallest absolute Gasteiger partial charge is 0.407 e. The molecule has 0 aromatic heterocycles. The first-order valence-corrected chi connectivity index (χ1v) is 15.5. The van der Waals surface area contributed by atoms with E-state index in [0.717, 1.165) is 61.9 Å². The average Bonchev–Trinajstić information content (AvgIpc) is 3.02. The van der Waals surface area contributed by atoms with E-state index in [1.165, 1.54) is 22.3 Å². The monoisotopic (exact) mass is 579 g/mol. The lowest BCUT2D eigenvalue weighted by atomic mass is 9.82. The third-order valence-electron chi connectivity index (χ3n) is 7.85. The SMILES string of the molecule is C[C@@H](Cc1ccc(C#CCCNC(=O)OCc2ccccc2)c2c1CCCC2)C(=O)Nc1ccc(CCCN(C)C)cc1. The number of benzene rings is 3. The van der Waals surface area contributed by atoms with Crippen LogP contribution in [0.1, 0.15) is 66.0 Å². The van der Waals surface area contributed by atoms with Crippen molar-refractivity contribution < 1.29 is 14.3 Å². The van der Waals surface area contributed by atoms with Gasteiger partial charge in [0.1, 0.15) is 6.61 Å². The van der Waals surface area contributed by atoms with Gasteiger partial charge in [0, 0.05) is 30.1 Å². The van der Waals surface area contributed by atoms with E-state index in [2.05, 4.69) is 65.7 Å². The molecule has 1 atom stereocenters. The maximum atomic E-state index is 13.1. The third-order valence-corrected chi connectivity index (χ3v) is 7.85. The van der Waals surface area contributed by atoms with Crippen molar-refractivity contribution in [2.45, 2.75) is 64.9 Å². The van der Waals surface area contributed by atoms with Crippen LogP contribution in [0.4, 0.5) is 10.5 Å². The summed E-state index contributed by atoms with van der Waals surface area (Å²) < 4.78 is 5.26. The zero-order valence-electron chi connectivity index (χ0n) is 25.9. The van der Waals surface area contributed by atoms with Crippen molar-refractivity contribution in [3.8, 4) is 11.8 Å². The number of alkyl carbamates (subject to hydrolysis) is 1. The van der Waals surface area contributed by atoms with Crippen LogP contribution < -0.4 is 10.6 Å². The lowest BCUT2D eigenvalue weighted by Crippen LogP contribution is -2.24. The van der Waals surface area contributed by atoms with E-state index in [0.29, 0.717) is 19.4 Å². The van der Waals surface area contributed by atoms with Gasteiger partial charge in [-0.15, -0.1) is 0 Å². The molecule has 3 aromatic carbocycles. The molecular formula is C37H45N3O3. The minimum Gasteiger partial charge on any atom is -0.445 e. The fourth-order valence-electron chi connectivity index (χ4n) is 5.45. The average molecular weight is 580 g/mol. The number of aryl methyl sites for hydroxylation is 1. The highest BCUT2D eigenvalue weighted by atomic mass is 16.5. The van der Waals surface area contributed by atoms with Gasteiger partial charge in [-0.1, -0.05) is 67.3 Å². The first-order valence-electron chi connectivity index (χ1n) is 15.5. The van der Waals surface area contributed by atoms with Gasteiger partial charge < -0.3 is 20.3 Å². The Labute approximate surface area is 257 Å². The van der Waals surface area contributed by atoms with Gasteiger partial charge >= 0.3 is 6.09 Å². The number of rotatable bonds is 12. The lowest BCUT2D eigenvalue weighted by molar-refractivity contribution is -0.119. The van der Waals surface area contributed by atoms with Gasteiger partial charge in [0.25, 0.3) is 0 Å². The zero-order valence-corrected chi connectivity index (χ0v) is 25.9. The maximum absolute atomic E-state index is 13.1. The summed E-state index contributed by atoms with van der Waals surface area (Å²) in [6.45, 7) is 3.76. The normalized spacial score (nSPS) is 12.9. The van der Waals surface area contributed by atoms with Crippen molar-refractivity contribution in [1.29, 1.82) is 0 Å². The second kappa shape index (κ2) is 16.5. The first-order chi connectivity index (χ1) is 20.9. The number of fused-ring (bicyclic) bond motifs is 1. The molecule has 0 saturated carbocycles. The van der Waals surface area contributed by atoms with Crippen LogP contribution in [-0.2, 0) is 41.8 Å². The molecule has 1 aliphatic carbocycles. The number of hydrogen-bond acceptors (Lipinski definition) is 4. The number of anilines is 1. The Bertz CT molecular complexity index is 1400. The molecule has 0 spiro atoms. The van der Waals surface area contributed by atoms with E-state index < -0.39 is 6.09 Å². The molecule has 0 bridgehead atoms. The molecule has 1 aliphatic rings. The highest BCUT2D eigenvalue weighted by Gasteiger charge is 2.20. The summed E-state index contributed by atoms with van der Waals surface area (Å²) in [6.07, 6.45) is 7.33. The molecule has 0 unspecified atom stereocenters. The van der Waals surface area contributed by atoms with Gasteiger partial charge in [-0.3, -0.25) is 4.79 Å². The molecular weight excluding hydrogens is 534 g/mol. The quantitative estimate of drug-likeness (QED) is 0.189. The summed E-state index contributed by atoms with van der Waals surface area (Å²) in [5.41, 5.74) is 8.10. The van der Waals surface area contributed by atoms with Crippen LogP contribution in [0, 0.1) is 17.8 Å². The van der Waals surface area contributed by atoms with Gasteiger partial charge in [-0.05, 0) is 112 Å². The van der Waals surface area contributed by atoms with Crippen LogP contribution in [0.2, 0.25) is 0 Å². The van der Waals surface area contributed by atoms with Crippen LogP contribution in [0.15, 0.2) is 66.7 Å². The summed E-state index contributed by atoms with van der Waals surface area (Å²) in [5, 5.41) is 5.88.